The van der Waals surface area contributed by atoms with Gasteiger partial charge in [0.15, 0.2) is 6.04 Å². The molecule has 0 aliphatic rings. The van der Waals surface area contributed by atoms with Gasteiger partial charge in [-0.15, -0.1) is 0 Å². The number of hydrogen-bond donors (Lipinski definition) is 2. The molecule has 18 heavy (non-hydrogen) atoms. The molecule has 98 valence electrons. The van der Waals surface area contributed by atoms with Gasteiger partial charge in [0.2, 0.25) is 5.91 Å². The van der Waals surface area contributed by atoms with Gasteiger partial charge in [0.25, 0.3) is 0 Å². The number of esters is 1. The van der Waals surface area contributed by atoms with Gasteiger partial charge in [0, 0.05) is 12.4 Å². The summed E-state index contributed by atoms with van der Waals surface area (Å²) >= 11 is 0. The summed E-state index contributed by atoms with van der Waals surface area (Å²) < 4.78 is 4.67. The zero-order chi connectivity index (χ0) is 13.5. The number of hydrogen-bond acceptors (Lipinski definition) is 5. The summed E-state index contributed by atoms with van der Waals surface area (Å²) in [5.74, 6) is -1.29. The van der Waals surface area contributed by atoms with Crippen LogP contribution in [0.1, 0.15) is 25.5 Å². The highest BCUT2D eigenvalue weighted by molar-refractivity contribution is 6.01. The Hall–Kier alpha value is -1.95. The summed E-state index contributed by atoms with van der Waals surface area (Å²) in [7, 11) is 0. The van der Waals surface area contributed by atoms with Gasteiger partial charge in [-0.05, 0) is 25.5 Å². The molecule has 1 aromatic heterocycles. The lowest BCUT2D eigenvalue weighted by Crippen LogP contribution is -2.47. The normalized spacial score (nSPS) is 13.5. The second kappa shape index (κ2) is 6.70. The summed E-state index contributed by atoms with van der Waals surface area (Å²) in [6.45, 7) is 3.63. The van der Waals surface area contributed by atoms with Crippen LogP contribution in [-0.4, -0.2) is 29.5 Å². The molecule has 1 aromatic rings. The Morgan fingerprint density at radius 1 is 1.56 bits per heavy atom. The molecular formula is C12H17N3O3. The summed E-state index contributed by atoms with van der Waals surface area (Å²) in [4.78, 5) is 26.9. The second-order valence-electron chi connectivity index (χ2n) is 3.75. The van der Waals surface area contributed by atoms with E-state index in [4.69, 9.17) is 5.73 Å². The number of nitrogens with two attached hydrogens (primary N) is 1. The highest BCUT2D eigenvalue weighted by Crippen LogP contribution is 2.09. The monoisotopic (exact) mass is 251 g/mol. The third kappa shape index (κ3) is 3.81. The number of rotatable bonds is 5. The molecule has 1 heterocycles. The number of carbonyl (C=O) groups excluding carboxylic acids is 2. The fourth-order valence-electron chi connectivity index (χ4n) is 1.36. The van der Waals surface area contributed by atoms with Crippen molar-refractivity contribution in [1.82, 2.24) is 10.3 Å². The van der Waals surface area contributed by atoms with Crippen LogP contribution in [0.15, 0.2) is 24.5 Å². The van der Waals surface area contributed by atoms with Gasteiger partial charge in [0.1, 0.15) is 0 Å². The van der Waals surface area contributed by atoms with Gasteiger partial charge in [-0.1, -0.05) is 6.07 Å². The molecule has 0 aliphatic carbocycles. The fourth-order valence-corrected chi connectivity index (χ4v) is 1.36. The Morgan fingerprint density at radius 3 is 2.83 bits per heavy atom. The summed E-state index contributed by atoms with van der Waals surface area (Å²) in [6, 6.07) is 2.02. The van der Waals surface area contributed by atoms with Crippen molar-refractivity contribution in [1.29, 1.82) is 0 Å². The molecule has 1 amide bonds. The summed E-state index contributed by atoms with van der Waals surface area (Å²) in [5, 5.41) is 2.63. The smallest absolute Gasteiger partial charge is 0.332 e. The first-order valence-corrected chi connectivity index (χ1v) is 5.68. The van der Waals surface area contributed by atoms with E-state index < -0.39 is 17.9 Å². The molecule has 0 saturated carbocycles. The van der Waals surface area contributed by atoms with Crippen LogP contribution in [0, 0.1) is 0 Å². The van der Waals surface area contributed by atoms with Crippen molar-refractivity contribution < 1.29 is 14.3 Å². The van der Waals surface area contributed by atoms with E-state index in [-0.39, 0.29) is 12.6 Å². The first-order valence-electron chi connectivity index (χ1n) is 5.68. The Morgan fingerprint density at radius 2 is 2.28 bits per heavy atom. The largest absolute Gasteiger partial charge is 0.464 e. The molecule has 0 fully saturated rings. The zero-order valence-corrected chi connectivity index (χ0v) is 10.4. The number of nitrogens with zero attached hydrogens (tertiary/aromatic N) is 1. The molecule has 3 N–H and O–H groups in total. The van der Waals surface area contributed by atoms with E-state index in [2.05, 4.69) is 15.0 Å². The number of amides is 1. The lowest BCUT2D eigenvalue weighted by Gasteiger charge is -2.16. The lowest BCUT2D eigenvalue weighted by atomic mass is 10.1. The van der Waals surface area contributed by atoms with Gasteiger partial charge >= 0.3 is 5.97 Å². The predicted octanol–water partition coefficient (Wildman–Crippen LogP) is 0.149. The van der Waals surface area contributed by atoms with E-state index in [1.165, 1.54) is 0 Å². The number of nitrogens with one attached hydrogen (secondary N) is 1. The molecule has 0 radical (unpaired) electrons. The standard InChI is InChI=1S/C12H17N3O3/c1-3-18-12(17)10(13)11(16)15-8(2)9-5-4-6-14-7-9/h4-8,10H,3,13H2,1-2H3,(H,15,16)/t8-,10?/m1/s1. The molecule has 6 nitrogen and oxygen atoms in total. The first kappa shape index (κ1) is 14.1. The lowest BCUT2D eigenvalue weighted by molar-refractivity contribution is -0.148. The first-order chi connectivity index (χ1) is 8.56. The second-order valence-corrected chi connectivity index (χ2v) is 3.75. The van der Waals surface area contributed by atoms with Crippen molar-refractivity contribution in [2.45, 2.75) is 25.9 Å². The number of carbonyl (C=O) groups is 2. The number of pyridine rings is 1. The highest BCUT2D eigenvalue weighted by atomic mass is 16.5. The SMILES string of the molecule is CCOC(=O)C(N)C(=O)N[C@H](C)c1cccnc1. The van der Waals surface area contributed by atoms with Gasteiger partial charge in [-0.25, -0.2) is 4.79 Å². The topological polar surface area (TPSA) is 94.3 Å². The average Bonchev–Trinajstić information content (AvgIpc) is 2.39. The van der Waals surface area contributed by atoms with Crippen LogP contribution in [0.2, 0.25) is 0 Å². The van der Waals surface area contributed by atoms with E-state index in [1.807, 2.05) is 6.07 Å². The molecular weight excluding hydrogens is 234 g/mol. The molecule has 6 heteroatoms. The molecule has 1 unspecified atom stereocenters. The van der Waals surface area contributed by atoms with Gasteiger partial charge in [0.05, 0.1) is 12.6 Å². The van der Waals surface area contributed by atoms with Crippen molar-refractivity contribution in [3.05, 3.63) is 30.1 Å². The van der Waals surface area contributed by atoms with E-state index in [1.54, 1.807) is 32.3 Å². The van der Waals surface area contributed by atoms with E-state index in [9.17, 15) is 9.59 Å². The van der Waals surface area contributed by atoms with Crippen LogP contribution in [0.4, 0.5) is 0 Å². The molecule has 1 rings (SSSR count). The van der Waals surface area contributed by atoms with Gasteiger partial charge in [-0.2, -0.15) is 0 Å². The predicted molar refractivity (Wildman–Crippen MR) is 65.4 cm³/mol. The van der Waals surface area contributed by atoms with Gasteiger partial charge in [-0.3, -0.25) is 9.78 Å². The van der Waals surface area contributed by atoms with E-state index in [0.29, 0.717) is 0 Å². The molecule has 0 aliphatic heterocycles. The third-order valence-corrected chi connectivity index (χ3v) is 2.37. The van der Waals surface area contributed by atoms with Crippen LogP contribution < -0.4 is 11.1 Å². The molecule has 0 aromatic carbocycles. The Bertz CT molecular complexity index is 408. The quantitative estimate of drug-likeness (QED) is 0.574. The van der Waals surface area contributed by atoms with E-state index >= 15 is 0 Å². The summed E-state index contributed by atoms with van der Waals surface area (Å²) in [6.07, 6.45) is 3.28. The van der Waals surface area contributed by atoms with Crippen LogP contribution in [-0.2, 0) is 14.3 Å². The van der Waals surface area contributed by atoms with Crippen LogP contribution in [0.25, 0.3) is 0 Å². The maximum atomic E-state index is 11.7. The third-order valence-electron chi connectivity index (χ3n) is 2.37. The van der Waals surface area contributed by atoms with Crippen molar-refractivity contribution >= 4 is 11.9 Å². The molecule has 2 atom stereocenters. The number of ether oxygens (including phenoxy) is 1. The Balaban J connectivity index is 2.57. The Kier molecular flexibility index (Phi) is 5.26. The van der Waals surface area contributed by atoms with Crippen LogP contribution in [0.5, 0.6) is 0 Å². The van der Waals surface area contributed by atoms with Crippen LogP contribution >= 0.6 is 0 Å². The van der Waals surface area contributed by atoms with Gasteiger partial charge < -0.3 is 15.8 Å². The van der Waals surface area contributed by atoms with Crippen molar-refractivity contribution in [3.8, 4) is 0 Å². The highest BCUT2D eigenvalue weighted by Gasteiger charge is 2.24. The van der Waals surface area contributed by atoms with Crippen molar-refractivity contribution in [2.75, 3.05) is 6.61 Å². The molecule has 0 spiro atoms. The number of aromatic nitrogens is 1. The minimum absolute atomic E-state index is 0.192. The minimum Gasteiger partial charge on any atom is -0.464 e. The van der Waals surface area contributed by atoms with E-state index in [0.717, 1.165) is 5.56 Å². The average molecular weight is 251 g/mol. The molecule has 0 saturated heterocycles. The summed E-state index contributed by atoms with van der Waals surface area (Å²) in [5.41, 5.74) is 6.31. The maximum Gasteiger partial charge on any atom is 0.332 e. The van der Waals surface area contributed by atoms with Crippen molar-refractivity contribution in [3.63, 3.8) is 0 Å². The minimum atomic E-state index is -1.30. The van der Waals surface area contributed by atoms with Crippen molar-refractivity contribution in [2.24, 2.45) is 5.73 Å². The maximum absolute atomic E-state index is 11.7. The zero-order valence-electron chi connectivity index (χ0n) is 10.4. The Labute approximate surface area is 106 Å². The fraction of sp³-hybridized carbons (Fsp3) is 0.417. The molecule has 0 bridgehead atoms. The van der Waals surface area contributed by atoms with Crippen LogP contribution in [0.3, 0.4) is 0 Å².